The fourth-order valence-corrected chi connectivity index (χ4v) is 2.96. The first-order valence-corrected chi connectivity index (χ1v) is 7.95. The van der Waals surface area contributed by atoms with Gasteiger partial charge in [0.15, 0.2) is 0 Å². The largest absolute Gasteiger partial charge is 0.433 e. The Hall–Kier alpha value is -2.22. The van der Waals surface area contributed by atoms with Crippen LogP contribution in [0.5, 0.6) is 0 Å². The van der Waals surface area contributed by atoms with Gasteiger partial charge in [-0.3, -0.25) is 9.88 Å². The zero-order valence-electron chi connectivity index (χ0n) is 13.7. The van der Waals surface area contributed by atoms with E-state index in [1.165, 1.54) is 18.5 Å². The Morgan fingerprint density at radius 2 is 1.96 bits per heavy atom. The summed E-state index contributed by atoms with van der Waals surface area (Å²) < 4.78 is 51.5. The molecule has 2 aromatic heterocycles. The number of hydrogen-bond acceptors (Lipinski definition) is 4. The summed E-state index contributed by atoms with van der Waals surface area (Å²) in [7, 11) is 0. The van der Waals surface area contributed by atoms with Crippen LogP contribution in [0.1, 0.15) is 18.2 Å². The smallest absolute Gasteiger partial charge is 0.367 e. The molecule has 134 valence electrons. The number of rotatable bonds is 3. The third kappa shape index (κ3) is 4.07. The van der Waals surface area contributed by atoms with Crippen molar-refractivity contribution < 1.29 is 17.6 Å². The fraction of sp³-hybridized carbons (Fsp3) is 0.412. The van der Waals surface area contributed by atoms with Gasteiger partial charge >= 0.3 is 6.18 Å². The summed E-state index contributed by atoms with van der Waals surface area (Å²) in [4.78, 5) is 11.4. The quantitative estimate of drug-likeness (QED) is 0.792. The van der Waals surface area contributed by atoms with E-state index in [9.17, 15) is 17.6 Å². The SMILES string of the molecule is CC1CN(c2ccc(C(F)(F)F)nc2)CCN1Cc1ccncc1F. The number of alkyl halides is 3. The number of aromatic nitrogens is 2. The summed E-state index contributed by atoms with van der Waals surface area (Å²) in [6.45, 7) is 4.46. The molecule has 3 rings (SSSR count). The zero-order valence-corrected chi connectivity index (χ0v) is 13.7. The van der Waals surface area contributed by atoms with Crippen molar-refractivity contribution in [3.8, 4) is 0 Å². The Bertz CT molecular complexity index is 717. The summed E-state index contributed by atoms with van der Waals surface area (Å²) >= 11 is 0. The predicted octanol–water partition coefficient (Wildman–Crippen LogP) is 3.35. The number of hydrogen-bond donors (Lipinski definition) is 0. The van der Waals surface area contributed by atoms with Gasteiger partial charge in [0.1, 0.15) is 11.5 Å². The molecule has 2 aromatic rings. The molecule has 1 aliphatic rings. The van der Waals surface area contributed by atoms with Crippen LogP contribution in [0.15, 0.2) is 36.8 Å². The van der Waals surface area contributed by atoms with Crippen molar-refractivity contribution in [3.63, 3.8) is 0 Å². The summed E-state index contributed by atoms with van der Waals surface area (Å²) in [6.07, 6.45) is -0.413. The van der Waals surface area contributed by atoms with Gasteiger partial charge in [-0.25, -0.2) is 9.37 Å². The van der Waals surface area contributed by atoms with Gasteiger partial charge in [-0.05, 0) is 25.1 Å². The molecule has 0 amide bonds. The van der Waals surface area contributed by atoms with Crippen LogP contribution < -0.4 is 4.90 Å². The molecule has 1 aliphatic heterocycles. The minimum atomic E-state index is -4.43. The highest BCUT2D eigenvalue weighted by Gasteiger charge is 2.32. The van der Waals surface area contributed by atoms with Crippen LogP contribution in [0.3, 0.4) is 0 Å². The van der Waals surface area contributed by atoms with E-state index in [4.69, 9.17) is 0 Å². The van der Waals surface area contributed by atoms with E-state index in [0.717, 1.165) is 6.07 Å². The second-order valence-corrected chi connectivity index (χ2v) is 6.13. The first-order valence-electron chi connectivity index (χ1n) is 7.95. The van der Waals surface area contributed by atoms with Crippen molar-refractivity contribution >= 4 is 5.69 Å². The Morgan fingerprint density at radius 1 is 1.16 bits per heavy atom. The molecule has 1 saturated heterocycles. The third-order valence-electron chi connectivity index (χ3n) is 4.40. The predicted molar refractivity (Wildman–Crippen MR) is 85.5 cm³/mol. The number of pyridine rings is 2. The first-order chi connectivity index (χ1) is 11.8. The van der Waals surface area contributed by atoms with Crippen LogP contribution in [0.2, 0.25) is 0 Å². The van der Waals surface area contributed by atoms with Crippen LogP contribution in [0, 0.1) is 5.82 Å². The average molecular weight is 354 g/mol. The van der Waals surface area contributed by atoms with Crippen LogP contribution in [0.4, 0.5) is 23.2 Å². The van der Waals surface area contributed by atoms with E-state index < -0.39 is 11.9 Å². The maximum Gasteiger partial charge on any atom is 0.433 e. The zero-order chi connectivity index (χ0) is 18.0. The molecule has 1 fully saturated rings. The molecule has 1 unspecified atom stereocenters. The van der Waals surface area contributed by atoms with E-state index in [-0.39, 0.29) is 11.9 Å². The monoisotopic (exact) mass is 354 g/mol. The Labute approximate surface area is 143 Å². The molecule has 1 atom stereocenters. The lowest BCUT2D eigenvalue weighted by molar-refractivity contribution is -0.141. The van der Waals surface area contributed by atoms with Gasteiger partial charge in [0, 0.05) is 44.0 Å². The van der Waals surface area contributed by atoms with Crippen LogP contribution in [-0.4, -0.2) is 40.5 Å². The van der Waals surface area contributed by atoms with E-state index in [0.29, 0.717) is 37.4 Å². The average Bonchev–Trinajstić information content (AvgIpc) is 2.58. The van der Waals surface area contributed by atoms with Gasteiger partial charge in [0.05, 0.1) is 18.1 Å². The highest BCUT2D eigenvalue weighted by Crippen LogP contribution is 2.29. The molecule has 25 heavy (non-hydrogen) atoms. The number of piperazine rings is 1. The lowest BCUT2D eigenvalue weighted by Gasteiger charge is -2.41. The summed E-state index contributed by atoms with van der Waals surface area (Å²) in [5, 5.41) is 0. The topological polar surface area (TPSA) is 32.3 Å². The number of halogens is 4. The molecule has 0 aromatic carbocycles. The Balaban J connectivity index is 1.64. The van der Waals surface area contributed by atoms with Gasteiger partial charge in [-0.2, -0.15) is 13.2 Å². The second-order valence-electron chi connectivity index (χ2n) is 6.13. The van der Waals surface area contributed by atoms with Crippen molar-refractivity contribution in [1.29, 1.82) is 0 Å². The molecule has 0 bridgehead atoms. The fourth-order valence-electron chi connectivity index (χ4n) is 2.96. The summed E-state index contributed by atoms with van der Waals surface area (Å²) in [6, 6.07) is 4.23. The molecule has 4 nitrogen and oxygen atoms in total. The van der Waals surface area contributed by atoms with Crippen LogP contribution in [-0.2, 0) is 12.7 Å². The first kappa shape index (κ1) is 17.6. The van der Waals surface area contributed by atoms with E-state index in [1.54, 1.807) is 12.3 Å². The molecule has 0 saturated carbocycles. The molecule has 0 spiro atoms. The third-order valence-corrected chi connectivity index (χ3v) is 4.40. The van der Waals surface area contributed by atoms with Crippen LogP contribution in [0.25, 0.3) is 0 Å². The maximum atomic E-state index is 13.7. The maximum absolute atomic E-state index is 13.7. The molecule has 0 radical (unpaired) electrons. The molecular weight excluding hydrogens is 336 g/mol. The molecule has 8 heteroatoms. The van der Waals surface area contributed by atoms with Crippen molar-refractivity contribution in [2.24, 2.45) is 0 Å². The van der Waals surface area contributed by atoms with Gasteiger partial charge in [0.2, 0.25) is 0 Å². The van der Waals surface area contributed by atoms with Crippen LogP contribution >= 0.6 is 0 Å². The van der Waals surface area contributed by atoms with Gasteiger partial charge in [0.25, 0.3) is 0 Å². The van der Waals surface area contributed by atoms with Crippen molar-refractivity contribution in [1.82, 2.24) is 14.9 Å². The van der Waals surface area contributed by atoms with Gasteiger partial charge < -0.3 is 4.90 Å². The highest BCUT2D eigenvalue weighted by molar-refractivity contribution is 5.45. The molecular formula is C17H18F4N4. The molecule has 3 heterocycles. The Kier molecular flexibility index (Phi) is 4.89. The lowest BCUT2D eigenvalue weighted by Crippen LogP contribution is -2.51. The normalized spacial score (nSPS) is 19.2. The van der Waals surface area contributed by atoms with Crippen molar-refractivity contribution in [3.05, 3.63) is 53.9 Å². The Morgan fingerprint density at radius 3 is 2.56 bits per heavy atom. The van der Waals surface area contributed by atoms with Gasteiger partial charge in [-0.15, -0.1) is 0 Å². The van der Waals surface area contributed by atoms with E-state index in [2.05, 4.69) is 14.9 Å². The number of nitrogens with zero attached hydrogens (tertiary/aromatic N) is 4. The van der Waals surface area contributed by atoms with E-state index >= 15 is 0 Å². The lowest BCUT2D eigenvalue weighted by atomic mass is 10.1. The van der Waals surface area contributed by atoms with E-state index in [1.807, 2.05) is 11.8 Å². The summed E-state index contributed by atoms with van der Waals surface area (Å²) in [5.74, 6) is -0.330. The van der Waals surface area contributed by atoms with Crippen molar-refractivity contribution in [2.45, 2.75) is 25.7 Å². The standard InChI is InChI=1S/C17H18F4N4/c1-12-10-25(14-2-3-16(23-8-14)17(19,20)21)7-6-24(12)11-13-4-5-22-9-15(13)18/h2-5,8-9,12H,6-7,10-11H2,1H3. The summed E-state index contributed by atoms with van der Waals surface area (Å²) in [5.41, 5.74) is 0.359. The second kappa shape index (κ2) is 6.95. The highest BCUT2D eigenvalue weighted by atomic mass is 19.4. The molecule has 0 aliphatic carbocycles. The minimum Gasteiger partial charge on any atom is -0.367 e. The number of anilines is 1. The van der Waals surface area contributed by atoms with Gasteiger partial charge in [-0.1, -0.05) is 0 Å². The van der Waals surface area contributed by atoms with Crippen molar-refractivity contribution in [2.75, 3.05) is 24.5 Å². The minimum absolute atomic E-state index is 0.128. The molecule has 0 N–H and O–H groups in total.